The number of hydrogen-bond acceptors (Lipinski definition) is 10. The number of hydrogen-bond donors (Lipinski definition) is 1. The normalized spacial score (nSPS) is 23.3. The third-order valence-electron chi connectivity index (χ3n) is 7.97. The van der Waals surface area contributed by atoms with Gasteiger partial charge in [-0.05, 0) is 47.6 Å². The van der Waals surface area contributed by atoms with Crippen LogP contribution < -0.4 is 15.1 Å². The fraction of sp³-hybridized carbons (Fsp3) is 0.556. The molecule has 2 fully saturated rings. The van der Waals surface area contributed by atoms with Crippen LogP contribution in [0, 0.1) is 5.92 Å². The van der Waals surface area contributed by atoms with E-state index in [0.29, 0.717) is 37.1 Å². The van der Waals surface area contributed by atoms with Crippen molar-refractivity contribution in [3.63, 3.8) is 0 Å². The van der Waals surface area contributed by atoms with Gasteiger partial charge in [0.2, 0.25) is 5.95 Å². The van der Waals surface area contributed by atoms with Crippen LogP contribution in [-0.4, -0.2) is 107 Å². The molecule has 15 heteroatoms. The number of aromatic nitrogens is 4. The van der Waals surface area contributed by atoms with Crippen LogP contribution >= 0.6 is 0 Å². The summed E-state index contributed by atoms with van der Waals surface area (Å²) in [4.78, 5) is 22.5. The van der Waals surface area contributed by atoms with E-state index in [-0.39, 0.29) is 30.2 Å². The molecule has 0 radical (unpaired) electrons. The fourth-order valence-electron chi connectivity index (χ4n) is 5.80. The molecule has 3 aromatic rings. The van der Waals surface area contributed by atoms with Gasteiger partial charge in [0.25, 0.3) is 0 Å². The molecule has 0 saturated carbocycles. The molecule has 2 aliphatic rings. The molecule has 10 nitrogen and oxygen atoms in total. The van der Waals surface area contributed by atoms with Crippen LogP contribution in [0.1, 0.15) is 38.7 Å². The molecule has 4 atom stereocenters. The average molecular weight is 593 g/mol. The van der Waals surface area contributed by atoms with Crippen LogP contribution in [0.25, 0.3) is 10.8 Å². The number of piperidine rings is 1. The van der Waals surface area contributed by atoms with Crippen molar-refractivity contribution >= 4 is 67.6 Å². The maximum absolute atomic E-state index is 15.0. The molecule has 0 aliphatic carbocycles. The third kappa shape index (κ3) is 6.83. The van der Waals surface area contributed by atoms with Crippen LogP contribution in [0.4, 0.5) is 27.8 Å². The lowest BCUT2D eigenvalue weighted by Crippen LogP contribution is -2.57. The first-order valence-corrected chi connectivity index (χ1v) is 16.6. The zero-order valence-electron chi connectivity index (χ0n) is 25.5. The lowest BCUT2D eigenvalue weighted by atomic mass is 9.52. The van der Waals surface area contributed by atoms with Gasteiger partial charge >= 0.3 is 0 Å². The molecule has 5 heterocycles. The van der Waals surface area contributed by atoms with Crippen molar-refractivity contribution in [2.45, 2.75) is 56.7 Å². The largest absolute Gasteiger partial charge is 0.394 e. The Morgan fingerprint density at radius 1 is 1.14 bits per heavy atom. The fourth-order valence-corrected chi connectivity index (χ4v) is 6.96. The first-order valence-electron chi connectivity index (χ1n) is 14.6. The molecular weight excluding hydrogens is 554 g/mol. The Morgan fingerprint density at radius 3 is 2.55 bits per heavy atom. The molecule has 0 bridgehead atoms. The molecule has 0 aromatic carbocycles. The van der Waals surface area contributed by atoms with Crippen molar-refractivity contribution in [3.8, 4) is 0 Å². The van der Waals surface area contributed by atoms with Gasteiger partial charge in [0.15, 0.2) is 0 Å². The first-order chi connectivity index (χ1) is 19.7. The molecule has 3 aromatic heterocycles. The Kier molecular flexibility index (Phi) is 8.46. The first kappa shape index (κ1) is 30.5. The summed E-state index contributed by atoms with van der Waals surface area (Å²) in [5.74, 6) is 2.95. The van der Waals surface area contributed by atoms with Crippen molar-refractivity contribution in [2.75, 3.05) is 46.8 Å². The Bertz CT molecular complexity index is 1560. The van der Waals surface area contributed by atoms with Gasteiger partial charge in [-0.15, -0.1) is 0 Å². The van der Waals surface area contributed by atoms with E-state index in [1.165, 1.54) is 6.26 Å². The zero-order valence-corrected chi connectivity index (χ0v) is 26.3. The quantitative estimate of drug-likeness (QED) is 0.354. The molecule has 222 valence electrons. The van der Waals surface area contributed by atoms with E-state index in [2.05, 4.69) is 39.0 Å². The van der Waals surface area contributed by atoms with Crippen molar-refractivity contribution < 1.29 is 17.5 Å². The number of anilines is 4. The summed E-state index contributed by atoms with van der Waals surface area (Å²) in [5.41, 5.74) is 1.10. The number of nitrogens with zero attached hydrogens (tertiary/aromatic N) is 6. The topological polar surface area (TPSA) is 113 Å². The SMILES string of the molecule is BC(B)(B)O[C@H]1CCN(c2nccc(Nc3cc4c(C(C)C)cnc(N5C[C@H](CS(C)(=O)=O)[C@H]5C)c4cn3)n2)C[C@H]1F. The summed E-state index contributed by atoms with van der Waals surface area (Å²) in [6.45, 7) is 7.72. The van der Waals surface area contributed by atoms with Gasteiger partial charge in [-0.2, -0.15) is 4.98 Å². The van der Waals surface area contributed by atoms with Gasteiger partial charge in [0, 0.05) is 55.3 Å². The Balaban J connectivity index is 1.35. The van der Waals surface area contributed by atoms with E-state index in [1.807, 2.05) is 53.8 Å². The predicted molar refractivity (Wildman–Crippen MR) is 174 cm³/mol. The lowest BCUT2D eigenvalue weighted by molar-refractivity contribution is -0.0185. The molecule has 0 amide bonds. The smallest absolute Gasteiger partial charge is 0.227 e. The second-order valence-electron chi connectivity index (χ2n) is 12.9. The molecule has 5 rings (SSSR count). The minimum atomic E-state index is -3.05. The minimum Gasteiger partial charge on any atom is -0.394 e. The maximum atomic E-state index is 15.0. The van der Waals surface area contributed by atoms with Crippen molar-refractivity contribution in [3.05, 3.63) is 36.3 Å². The molecule has 2 saturated heterocycles. The van der Waals surface area contributed by atoms with E-state index in [1.54, 1.807) is 12.3 Å². The minimum absolute atomic E-state index is 0.0616. The van der Waals surface area contributed by atoms with Crippen molar-refractivity contribution in [2.24, 2.45) is 5.92 Å². The number of pyridine rings is 2. The molecule has 1 N–H and O–H groups in total. The third-order valence-corrected chi connectivity index (χ3v) is 9.00. The molecule has 0 unspecified atom stereocenters. The van der Waals surface area contributed by atoms with Gasteiger partial charge in [-0.25, -0.2) is 27.8 Å². The van der Waals surface area contributed by atoms with Crippen LogP contribution in [-0.2, 0) is 14.6 Å². The number of nitrogens with one attached hydrogen (secondary N) is 1. The van der Waals surface area contributed by atoms with Crippen molar-refractivity contribution in [1.82, 2.24) is 19.9 Å². The van der Waals surface area contributed by atoms with Gasteiger partial charge < -0.3 is 19.9 Å². The summed E-state index contributed by atoms with van der Waals surface area (Å²) >= 11 is 0. The maximum Gasteiger partial charge on any atom is 0.227 e. The number of sulfone groups is 1. The van der Waals surface area contributed by atoms with Crippen molar-refractivity contribution in [1.29, 1.82) is 0 Å². The van der Waals surface area contributed by atoms with E-state index < -0.39 is 27.4 Å². The Morgan fingerprint density at radius 2 is 1.90 bits per heavy atom. The van der Waals surface area contributed by atoms with E-state index in [9.17, 15) is 12.8 Å². The van der Waals surface area contributed by atoms with Gasteiger partial charge in [0.1, 0.15) is 57.0 Å². The van der Waals surface area contributed by atoms with Crippen LogP contribution in [0.15, 0.2) is 30.7 Å². The highest BCUT2D eigenvalue weighted by molar-refractivity contribution is 7.90. The average Bonchev–Trinajstić information content (AvgIpc) is 2.90. The van der Waals surface area contributed by atoms with E-state index in [0.717, 1.165) is 22.2 Å². The van der Waals surface area contributed by atoms with Crippen LogP contribution in [0.3, 0.4) is 0 Å². The van der Waals surface area contributed by atoms with Gasteiger partial charge in [-0.1, -0.05) is 13.8 Å². The summed E-state index contributed by atoms with van der Waals surface area (Å²) in [6.07, 6.45) is 5.66. The molecule has 2 aliphatic heterocycles. The number of halogens is 1. The number of fused-ring (bicyclic) bond motifs is 1. The predicted octanol–water partition coefficient (Wildman–Crippen LogP) is 0.600. The van der Waals surface area contributed by atoms with Crippen LogP contribution in [0.5, 0.6) is 0 Å². The molecule has 0 spiro atoms. The highest BCUT2D eigenvalue weighted by atomic mass is 32.2. The summed E-state index contributed by atoms with van der Waals surface area (Å²) < 4.78 is 44.6. The standard InChI is InChI=1S/C27H39B3FN7O3S/c1-15(2)19-10-34-25(38-12-17(16(38)3)14-42(4,39)40)20-11-33-24(9-18(19)20)35-23-5-7-32-26(36-23)37-8-6-22(21(31)13-37)41-27(28,29)30/h5,7,9-11,15-17,21-22H,6,8,12-14,28-30H2,1-4H3,(H,32,33,35,36)/t16-,17-,21-,22+/m1/s1. The van der Waals surface area contributed by atoms with E-state index in [4.69, 9.17) is 9.72 Å². The highest BCUT2D eigenvalue weighted by Crippen LogP contribution is 2.38. The second kappa shape index (κ2) is 11.6. The number of ether oxygens (including phenoxy) is 1. The molecular formula is C27H39B3FN7O3S. The monoisotopic (exact) mass is 593 g/mol. The van der Waals surface area contributed by atoms with Gasteiger partial charge in [-0.3, -0.25) is 0 Å². The number of rotatable bonds is 9. The lowest BCUT2D eigenvalue weighted by Gasteiger charge is -2.47. The number of alkyl halides is 1. The summed E-state index contributed by atoms with van der Waals surface area (Å²) in [5, 5.41) is 4.86. The van der Waals surface area contributed by atoms with E-state index >= 15 is 0 Å². The van der Waals surface area contributed by atoms with Gasteiger partial charge in [0.05, 0.1) is 18.4 Å². The summed E-state index contributed by atoms with van der Waals surface area (Å²) in [7, 11) is 2.77. The van der Waals surface area contributed by atoms with Crippen LogP contribution in [0.2, 0.25) is 0 Å². The zero-order chi connectivity index (χ0) is 30.4. The Hall–Kier alpha value is -2.93. The molecule has 42 heavy (non-hydrogen) atoms. The second-order valence-corrected chi connectivity index (χ2v) is 15.1. The Labute approximate surface area is 250 Å². The summed E-state index contributed by atoms with van der Waals surface area (Å²) in [6, 6.07) is 3.83. The highest BCUT2D eigenvalue weighted by Gasteiger charge is 2.39.